The number of allylic oxidation sites excluding steroid dienone is 5. The van der Waals surface area contributed by atoms with E-state index in [2.05, 4.69) is 103 Å². The lowest BCUT2D eigenvalue weighted by Gasteiger charge is -2.42. The first-order valence-electron chi connectivity index (χ1n) is 15.2. The van der Waals surface area contributed by atoms with Gasteiger partial charge in [-0.2, -0.15) is 0 Å². The van der Waals surface area contributed by atoms with Crippen molar-refractivity contribution in [1.29, 1.82) is 0 Å². The highest BCUT2D eigenvalue weighted by molar-refractivity contribution is 5.73. The number of nitrogens with zero attached hydrogens (tertiary/aromatic N) is 1. The number of fused-ring (bicyclic) bond motifs is 1. The molecule has 0 saturated heterocycles. The van der Waals surface area contributed by atoms with Crippen LogP contribution in [0.3, 0.4) is 0 Å². The van der Waals surface area contributed by atoms with Crippen molar-refractivity contribution in [3.05, 3.63) is 65.4 Å². The fourth-order valence-electron chi connectivity index (χ4n) is 5.15. The van der Waals surface area contributed by atoms with Gasteiger partial charge in [-0.05, 0) is 90.7 Å². The average molecular weight is 525 g/mol. The molecule has 0 spiro atoms. The normalized spacial score (nSPS) is 17.8. The molecule has 1 aliphatic carbocycles. The number of rotatable bonds is 13. The van der Waals surface area contributed by atoms with E-state index in [0.717, 1.165) is 37.9 Å². The maximum absolute atomic E-state index is 9.37. The van der Waals surface area contributed by atoms with E-state index in [9.17, 15) is 5.11 Å². The molecule has 2 rings (SSSR count). The van der Waals surface area contributed by atoms with Gasteiger partial charge in [0.25, 0.3) is 0 Å². The Labute approximate surface area is 236 Å². The van der Waals surface area contributed by atoms with Gasteiger partial charge in [-0.3, -0.25) is 0 Å². The average Bonchev–Trinajstić information content (AvgIpc) is 2.89. The minimum atomic E-state index is -0.190. The predicted octanol–water partition coefficient (Wildman–Crippen LogP) is 8.76. The standard InChI is InChI=1S/C27H41N.C8H19NO/c1-9-18-28(19-10-2)22(4)13-11-12-21(3)23-14-15-24-25(20-23)27(7,8)17-16-26(24,5)6;1-3-4-5-8(10)7(2)6-9/h11-15,20H,3,9-10,16-19H2,1-2,4-8H3;7-8,10H,3-6,9H2,1-2H3/b12-11-,22-13+;. The van der Waals surface area contributed by atoms with Crippen LogP contribution in [0.4, 0.5) is 0 Å². The van der Waals surface area contributed by atoms with Gasteiger partial charge in [-0.1, -0.05) is 105 Å². The van der Waals surface area contributed by atoms with Gasteiger partial charge in [-0.25, -0.2) is 0 Å². The maximum atomic E-state index is 9.37. The summed E-state index contributed by atoms with van der Waals surface area (Å²) in [5.41, 5.74) is 12.6. The second-order valence-electron chi connectivity index (χ2n) is 12.6. The van der Waals surface area contributed by atoms with Crippen molar-refractivity contribution in [2.45, 2.75) is 124 Å². The van der Waals surface area contributed by atoms with E-state index in [0.29, 0.717) is 6.54 Å². The highest BCUT2D eigenvalue weighted by atomic mass is 16.3. The minimum absolute atomic E-state index is 0.190. The van der Waals surface area contributed by atoms with Crippen LogP contribution >= 0.6 is 0 Å². The monoisotopic (exact) mass is 524 g/mol. The molecule has 0 aromatic heterocycles. The second kappa shape index (κ2) is 16.3. The van der Waals surface area contributed by atoms with E-state index in [4.69, 9.17) is 5.73 Å². The summed E-state index contributed by atoms with van der Waals surface area (Å²) in [6.07, 6.45) is 14.4. The van der Waals surface area contributed by atoms with Gasteiger partial charge in [0.05, 0.1) is 6.10 Å². The maximum Gasteiger partial charge on any atom is 0.0577 e. The summed E-state index contributed by atoms with van der Waals surface area (Å²) in [6.45, 7) is 27.5. The molecule has 1 aromatic carbocycles. The van der Waals surface area contributed by atoms with Crippen molar-refractivity contribution in [3.63, 3.8) is 0 Å². The zero-order valence-corrected chi connectivity index (χ0v) is 26.4. The van der Waals surface area contributed by atoms with Crippen LogP contribution in [0.15, 0.2) is 48.7 Å². The van der Waals surface area contributed by atoms with Crippen LogP contribution in [0.5, 0.6) is 0 Å². The summed E-state index contributed by atoms with van der Waals surface area (Å²) in [7, 11) is 0. The molecule has 0 amide bonds. The van der Waals surface area contributed by atoms with Gasteiger partial charge < -0.3 is 15.7 Å². The molecule has 0 fully saturated rings. The lowest BCUT2D eigenvalue weighted by Crippen LogP contribution is -2.33. The van der Waals surface area contributed by atoms with Crippen molar-refractivity contribution in [1.82, 2.24) is 4.90 Å². The van der Waals surface area contributed by atoms with Crippen LogP contribution in [0, 0.1) is 5.92 Å². The molecule has 3 heteroatoms. The zero-order chi connectivity index (χ0) is 28.9. The molecule has 0 saturated carbocycles. The molecule has 3 N–H and O–H groups in total. The number of hydrogen-bond acceptors (Lipinski definition) is 3. The number of hydrogen-bond donors (Lipinski definition) is 2. The van der Waals surface area contributed by atoms with Crippen LogP contribution in [-0.2, 0) is 10.8 Å². The molecule has 38 heavy (non-hydrogen) atoms. The summed E-state index contributed by atoms with van der Waals surface area (Å²) in [6, 6.07) is 6.99. The highest BCUT2D eigenvalue weighted by Gasteiger charge is 2.36. The summed E-state index contributed by atoms with van der Waals surface area (Å²) in [5.74, 6) is 0.256. The van der Waals surface area contributed by atoms with E-state index < -0.39 is 0 Å². The van der Waals surface area contributed by atoms with Gasteiger partial charge in [0.2, 0.25) is 0 Å². The third-order valence-electron chi connectivity index (χ3n) is 8.23. The topological polar surface area (TPSA) is 49.5 Å². The molecule has 2 atom stereocenters. The van der Waals surface area contributed by atoms with Crippen LogP contribution in [0.2, 0.25) is 0 Å². The van der Waals surface area contributed by atoms with E-state index >= 15 is 0 Å². The number of aliphatic hydroxyl groups excluding tert-OH is 1. The lowest BCUT2D eigenvalue weighted by molar-refractivity contribution is 0.109. The molecule has 0 bridgehead atoms. The third kappa shape index (κ3) is 10.4. The van der Waals surface area contributed by atoms with Gasteiger partial charge >= 0.3 is 0 Å². The Bertz CT molecular complexity index is 903. The fourth-order valence-corrected chi connectivity index (χ4v) is 5.15. The lowest BCUT2D eigenvalue weighted by atomic mass is 9.63. The zero-order valence-electron chi connectivity index (χ0n) is 26.4. The first kappa shape index (κ1) is 34.2. The van der Waals surface area contributed by atoms with Crippen LogP contribution in [0.1, 0.15) is 124 Å². The van der Waals surface area contributed by atoms with Gasteiger partial charge in [0.15, 0.2) is 0 Å². The molecular weight excluding hydrogens is 464 g/mol. The molecule has 3 nitrogen and oxygen atoms in total. The van der Waals surface area contributed by atoms with E-state index in [1.807, 2.05) is 6.92 Å². The Balaban J connectivity index is 0.000000612. The molecular formula is C35H60N2O. The van der Waals surface area contributed by atoms with Gasteiger partial charge in [0, 0.05) is 18.8 Å². The third-order valence-corrected chi connectivity index (χ3v) is 8.23. The Morgan fingerprint density at radius 1 is 1.03 bits per heavy atom. The number of benzene rings is 1. The van der Waals surface area contributed by atoms with Crippen LogP contribution < -0.4 is 5.73 Å². The van der Waals surface area contributed by atoms with Crippen LogP contribution in [-0.4, -0.2) is 35.7 Å². The summed E-state index contributed by atoms with van der Waals surface area (Å²) in [5, 5.41) is 9.37. The largest absolute Gasteiger partial charge is 0.393 e. The quantitative estimate of drug-likeness (QED) is 0.254. The molecule has 0 radical (unpaired) electrons. The van der Waals surface area contributed by atoms with Crippen molar-refractivity contribution < 1.29 is 5.11 Å². The molecule has 0 aliphatic heterocycles. The Kier molecular flexibility index (Phi) is 14.7. The first-order chi connectivity index (χ1) is 17.8. The summed E-state index contributed by atoms with van der Waals surface area (Å²) in [4.78, 5) is 2.47. The van der Waals surface area contributed by atoms with Crippen LogP contribution in [0.25, 0.3) is 5.57 Å². The highest BCUT2D eigenvalue weighted by Crippen LogP contribution is 2.46. The van der Waals surface area contributed by atoms with Crippen molar-refractivity contribution in [2.75, 3.05) is 19.6 Å². The van der Waals surface area contributed by atoms with Crippen molar-refractivity contribution >= 4 is 5.57 Å². The van der Waals surface area contributed by atoms with Gasteiger partial charge in [0.1, 0.15) is 0 Å². The molecule has 1 aromatic rings. The number of aliphatic hydroxyl groups is 1. The van der Waals surface area contributed by atoms with E-state index in [-0.39, 0.29) is 22.9 Å². The smallest absolute Gasteiger partial charge is 0.0577 e. The SMILES string of the molecule is C=C(/C=C\C=C(/C)N(CCC)CCC)c1ccc2c(c1)C(C)(C)CCC2(C)C.CCCCC(O)C(C)CN. The van der Waals surface area contributed by atoms with Crippen molar-refractivity contribution in [2.24, 2.45) is 11.7 Å². The number of nitrogens with two attached hydrogens (primary N) is 1. The first-order valence-corrected chi connectivity index (χ1v) is 15.2. The Morgan fingerprint density at radius 3 is 2.13 bits per heavy atom. The van der Waals surface area contributed by atoms with Crippen molar-refractivity contribution in [3.8, 4) is 0 Å². The van der Waals surface area contributed by atoms with E-state index in [1.165, 1.54) is 48.1 Å². The predicted molar refractivity (Wildman–Crippen MR) is 170 cm³/mol. The summed E-state index contributed by atoms with van der Waals surface area (Å²) >= 11 is 0. The Hall–Kier alpha value is -1.84. The molecule has 1 aliphatic rings. The minimum Gasteiger partial charge on any atom is -0.393 e. The fraction of sp³-hybridized carbons (Fsp3) is 0.657. The molecule has 216 valence electrons. The second-order valence-corrected chi connectivity index (χ2v) is 12.6. The molecule has 0 heterocycles. The molecule has 2 unspecified atom stereocenters. The summed E-state index contributed by atoms with van der Waals surface area (Å²) < 4.78 is 0. The van der Waals surface area contributed by atoms with Gasteiger partial charge in [-0.15, -0.1) is 0 Å². The Morgan fingerprint density at radius 2 is 1.61 bits per heavy atom. The van der Waals surface area contributed by atoms with E-state index in [1.54, 1.807) is 0 Å². The number of unbranched alkanes of at least 4 members (excludes halogenated alkanes) is 1.